The Hall–Kier alpha value is -1.10. The van der Waals surface area contributed by atoms with Crippen LogP contribution in [0.2, 0.25) is 0 Å². The van der Waals surface area contributed by atoms with Crippen molar-refractivity contribution in [2.24, 2.45) is 11.7 Å². The first-order valence-corrected chi connectivity index (χ1v) is 3.94. The van der Waals surface area contributed by atoms with E-state index in [1.165, 1.54) is 0 Å². The average molecular weight is 170 g/mol. The van der Waals surface area contributed by atoms with Crippen molar-refractivity contribution in [2.45, 2.75) is 26.3 Å². The van der Waals surface area contributed by atoms with Crippen LogP contribution in [0, 0.1) is 5.92 Å². The third-order valence-electron chi connectivity index (χ3n) is 1.50. The molecule has 0 saturated heterocycles. The van der Waals surface area contributed by atoms with Crippen molar-refractivity contribution < 1.29 is 4.52 Å². The van der Waals surface area contributed by atoms with Crippen molar-refractivity contribution in [3.05, 3.63) is 5.89 Å². The molecule has 1 aromatic rings. The van der Waals surface area contributed by atoms with E-state index in [4.69, 9.17) is 16.0 Å². The fourth-order valence-electron chi connectivity index (χ4n) is 1.01. The Labute approximate surface area is 71.1 Å². The molecule has 0 aliphatic rings. The zero-order chi connectivity index (χ0) is 9.14. The summed E-state index contributed by atoms with van der Waals surface area (Å²) in [5, 5.41) is 3.46. The first-order valence-electron chi connectivity index (χ1n) is 3.94. The van der Waals surface area contributed by atoms with Gasteiger partial charge in [-0.2, -0.15) is 4.98 Å². The van der Waals surface area contributed by atoms with Crippen molar-refractivity contribution in [2.75, 3.05) is 5.73 Å². The highest BCUT2D eigenvalue weighted by atomic mass is 16.5. The van der Waals surface area contributed by atoms with Gasteiger partial charge in [-0.25, -0.2) is 0 Å². The van der Waals surface area contributed by atoms with E-state index >= 15 is 0 Å². The summed E-state index contributed by atoms with van der Waals surface area (Å²) in [6.45, 7) is 4.17. The molecule has 1 aromatic heterocycles. The minimum absolute atomic E-state index is 0.143. The van der Waals surface area contributed by atoms with Crippen molar-refractivity contribution in [3.63, 3.8) is 0 Å². The Morgan fingerprint density at radius 1 is 1.50 bits per heavy atom. The van der Waals surface area contributed by atoms with Crippen LogP contribution in [0.15, 0.2) is 4.52 Å². The van der Waals surface area contributed by atoms with Gasteiger partial charge in [0.15, 0.2) is 0 Å². The summed E-state index contributed by atoms with van der Waals surface area (Å²) in [7, 11) is 0. The second kappa shape index (κ2) is 3.53. The first kappa shape index (κ1) is 8.99. The molecule has 0 spiro atoms. The molecule has 0 aromatic carbocycles. The molecule has 12 heavy (non-hydrogen) atoms. The zero-order valence-corrected chi connectivity index (χ0v) is 7.32. The standard InChI is InChI=1S/C7H14N4O/c1-4(2)3-5(8)6-10-7(9)11-12-6/h4-5H,3,8H2,1-2H3,(H2,9,11). The molecular weight excluding hydrogens is 156 g/mol. The number of hydrogen-bond donors (Lipinski definition) is 2. The Balaban J connectivity index is 2.58. The maximum atomic E-state index is 5.76. The number of nitrogen functional groups attached to an aromatic ring is 1. The predicted octanol–water partition coefficient (Wildman–Crippen LogP) is 0.698. The highest BCUT2D eigenvalue weighted by Gasteiger charge is 2.14. The van der Waals surface area contributed by atoms with Crippen LogP contribution in [0.3, 0.4) is 0 Å². The van der Waals surface area contributed by atoms with E-state index in [2.05, 4.69) is 24.0 Å². The molecule has 68 valence electrons. The number of aromatic nitrogens is 2. The van der Waals surface area contributed by atoms with E-state index in [1.54, 1.807) is 0 Å². The van der Waals surface area contributed by atoms with Crippen LogP contribution in [-0.2, 0) is 0 Å². The van der Waals surface area contributed by atoms with Gasteiger partial charge >= 0.3 is 0 Å². The molecule has 0 bridgehead atoms. The molecule has 0 aliphatic heterocycles. The Kier molecular flexibility index (Phi) is 2.65. The summed E-state index contributed by atoms with van der Waals surface area (Å²) >= 11 is 0. The first-order chi connectivity index (χ1) is 5.59. The Bertz CT molecular complexity index is 245. The van der Waals surface area contributed by atoms with Crippen LogP contribution in [-0.4, -0.2) is 10.1 Å². The van der Waals surface area contributed by atoms with Gasteiger partial charge < -0.3 is 16.0 Å². The number of hydrogen-bond acceptors (Lipinski definition) is 5. The lowest BCUT2D eigenvalue weighted by Gasteiger charge is -2.08. The van der Waals surface area contributed by atoms with Gasteiger partial charge in [0.2, 0.25) is 5.89 Å². The molecule has 1 atom stereocenters. The molecule has 0 amide bonds. The molecule has 5 heteroatoms. The average Bonchev–Trinajstić information content (AvgIpc) is 2.34. The third-order valence-corrected chi connectivity index (χ3v) is 1.50. The van der Waals surface area contributed by atoms with Gasteiger partial charge in [0.1, 0.15) is 0 Å². The zero-order valence-electron chi connectivity index (χ0n) is 7.32. The fraction of sp³-hybridized carbons (Fsp3) is 0.714. The second-order valence-corrected chi connectivity index (χ2v) is 3.23. The number of anilines is 1. The molecule has 1 unspecified atom stereocenters. The van der Waals surface area contributed by atoms with E-state index in [9.17, 15) is 0 Å². The van der Waals surface area contributed by atoms with Crippen LogP contribution < -0.4 is 11.5 Å². The summed E-state index contributed by atoms with van der Waals surface area (Å²) in [5.41, 5.74) is 11.0. The van der Waals surface area contributed by atoms with E-state index in [1.807, 2.05) is 0 Å². The van der Waals surface area contributed by atoms with Crippen LogP contribution in [0.1, 0.15) is 32.2 Å². The van der Waals surface area contributed by atoms with Gasteiger partial charge in [0.25, 0.3) is 5.95 Å². The lowest BCUT2D eigenvalue weighted by atomic mass is 10.0. The van der Waals surface area contributed by atoms with Gasteiger partial charge in [-0.05, 0) is 17.5 Å². The van der Waals surface area contributed by atoms with Gasteiger partial charge in [0.05, 0.1) is 6.04 Å². The lowest BCUT2D eigenvalue weighted by Crippen LogP contribution is -2.13. The summed E-state index contributed by atoms with van der Waals surface area (Å²) in [6.07, 6.45) is 0.821. The van der Waals surface area contributed by atoms with E-state index in [0.717, 1.165) is 6.42 Å². The third kappa shape index (κ3) is 2.20. The van der Waals surface area contributed by atoms with E-state index in [-0.39, 0.29) is 12.0 Å². The van der Waals surface area contributed by atoms with Crippen molar-refractivity contribution in [3.8, 4) is 0 Å². The normalized spacial score (nSPS) is 13.7. The van der Waals surface area contributed by atoms with Gasteiger partial charge in [-0.3, -0.25) is 0 Å². The van der Waals surface area contributed by atoms with Crippen LogP contribution in [0.5, 0.6) is 0 Å². The Morgan fingerprint density at radius 3 is 2.58 bits per heavy atom. The highest BCUT2D eigenvalue weighted by molar-refractivity contribution is 5.11. The number of rotatable bonds is 3. The smallest absolute Gasteiger partial charge is 0.260 e. The maximum Gasteiger partial charge on any atom is 0.260 e. The molecule has 0 radical (unpaired) electrons. The molecular formula is C7H14N4O. The number of nitrogens with zero attached hydrogens (tertiary/aromatic N) is 2. The van der Waals surface area contributed by atoms with Gasteiger partial charge in [-0.1, -0.05) is 13.8 Å². The van der Waals surface area contributed by atoms with E-state index in [0.29, 0.717) is 11.8 Å². The minimum atomic E-state index is -0.199. The molecule has 0 aliphatic carbocycles. The highest BCUT2D eigenvalue weighted by Crippen LogP contribution is 2.16. The van der Waals surface area contributed by atoms with Gasteiger partial charge in [0, 0.05) is 0 Å². The van der Waals surface area contributed by atoms with Crippen LogP contribution in [0.25, 0.3) is 0 Å². The lowest BCUT2D eigenvalue weighted by molar-refractivity contribution is 0.336. The summed E-state index contributed by atoms with van der Waals surface area (Å²) in [4.78, 5) is 3.84. The summed E-state index contributed by atoms with van der Waals surface area (Å²) < 4.78 is 4.82. The molecule has 1 heterocycles. The van der Waals surface area contributed by atoms with Crippen LogP contribution in [0.4, 0.5) is 5.95 Å². The Morgan fingerprint density at radius 2 is 2.17 bits per heavy atom. The predicted molar refractivity (Wildman–Crippen MR) is 45.1 cm³/mol. The van der Waals surface area contributed by atoms with Crippen LogP contribution >= 0.6 is 0 Å². The SMILES string of the molecule is CC(C)CC(N)c1nc(N)no1. The molecule has 5 nitrogen and oxygen atoms in total. The molecule has 0 fully saturated rings. The second-order valence-electron chi connectivity index (χ2n) is 3.23. The number of nitrogens with two attached hydrogens (primary N) is 2. The topological polar surface area (TPSA) is 91.0 Å². The monoisotopic (exact) mass is 170 g/mol. The quantitative estimate of drug-likeness (QED) is 0.696. The van der Waals surface area contributed by atoms with Crippen molar-refractivity contribution in [1.29, 1.82) is 0 Å². The largest absolute Gasteiger partial charge is 0.365 e. The van der Waals surface area contributed by atoms with E-state index < -0.39 is 0 Å². The maximum absolute atomic E-state index is 5.76. The van der Waals surface area contributed by atoms with Crippen molar-refractivity contribution in [1.82, 2.24) is 10.1 Å². The fourth-order valence-corrected chi connectivity index (χ4v) is 1.01. The molecule has 0 saturated carbocycles. The van der Waals surface area contributed by atoms with Gasteiger partial charge in [-0.15, -0.1) is 0 Å². The van der Waals surface area contributed by atoms with Crippen molar-refractivity contribution >= 4 is 5.95 Å². The minimum Gasteiger partial charge on any atom is -0.365 e. The summed E-state index contributed by atoms with van der Waals surface area (Å²) in [5.74, 6) is 1.07. The molecule has 1 rings (SSSR count). The summed E-state index contributed by atoms with van der Waals surface area (Å²) in [6, 6.07) is -0.199. The molecule has 4 N–H and O–H groups in total.